The molecule has 96 valence electrons. The van der Waals surface area contributed by atoms with E-state index >= 15 is 0 Å². The highest BCUT2D eigenvalue weighted by Gasteiger charge is 2.09. The number of nitrogens with one attached hydrogen (secondary N) is 2. The van der Waals surface area contributed by atoms with Crippen LogP contribution in [0.15, 0.2) is 12.4 Å². The second-order valence-corrected chi connectivity index (χ2v) is 4.88. The van der Waals surface area contributed by atoms with Gasteiger partial charge in [-0.15, -0.1) is 0 Å². The fourth-order valence-corrected chi connectivity index (χ4v) is 1.32. The van der Waals surface area contributed by atoms with Gasteiger partial charge in [-0.25, -0.2) is 9.97 Å². The predicted molar refractivity (Wildman–Crippen MR) is 72.2 cm³/mol. The Bertz CT molecular complexity index is 332. The highest BCUT2D eigenvalue weighted by molar-refractivity contribution is 5.46. The zero-order chi connectivity index (χ0) is 12.7. The van der Waals surface area contributed by atoms with Crippen LogP contribution in [0.5, 0.6) is 0 Å². The molecule has 5 heteroatoms. The van der Waals surface area contributed by atoms with Crippen molar-refractivity contribution in [2.45, 2.75) is 39.2 Å². The molecule has 0 saturated carbocycles. The number of nitrogens with two attached hydrogens (primary N) is 1. The molecule has 0 aromatic carbocycles. The highest BCUT2D eigenvalue weighted by atomic mass is 15.1. The molecule has 0 unspecified atom stereocenters. The zero-order valence-corrected chi connectivity index (χ0v) is 11.0. The van der Waals surface area contributed by atoms with Crippen LogP contribution in [0.4, 0.5) is 11.6 Å². The summed E-state index contributed by atoms with van der Waals surface area (Å²) in [6.07, 6.45) is 3.54. The van der Waals surface area contributed by atoms with Crippen molar-refractivity contribution < 1.29 is 0 Å². The van der Waals surface area contributed by atoms with E-state index in [0.29, 0.717) is 0 Å². The summed E-state index contributed by atoms with van der Waals surface area (Å²) in [5.74, 6) is 1.69. The average Bonchev–Trinajstić information content (AvgIpc) is 2.25. The average molecular weight is 237 g/mol. The summed E-state index contributed by atoms with van der Waals surface area (Å²) in [6, 6.07) is 1.92. The Morgan fingerprint density at radius 3 is 2.29 bits per heavy atom. The maximum atomic E-state index is 5.91. The van der Waals surface area contributed by atoms with Gasteiger partial charge in [-0.1, -0.05) is 6.92 Å². The minimum atomic E-state index is -0.149. The third kappa shape index (κ3) is 6.06. The first-order valence-corrected chi connectivity index (χ1v) is 6.10. The number of hydrogen-bond acceptors (Lipinski definition) is 5. The maximum absolute atomic E-state index is 5.91. The lowest BCUT2D eigenvalue weighted by Gasteiger charge is -2.18. The third-order valence-corrected chi connectivity index (χ3v) is 2.30. The fraction of sp³-hybridized carbons (Fsp3) is 0.667. The Morgan fingerprint density at radius 2 is 1.76 bits per heavy atom. The molecular formula is C12H23N5. The summed E-state index contributed by atoms with van der Waals surface area (Å²) in [4.78, 5) is 8.31. The first-order chi connectivity index (χ1) is 8.01. The molecule has 0 aliphatic rings. The number of aromatic nitrogens is 2. The molecule has 1 heterocycles. The summed E-state index contributed by atoms with van der Waals surface area (Å²) in [7, 11) is 0. The van der Waals surface area contributed by atoms with Crippen molar-refractivity contribution in [2.75, 3.05) is 23.7 Å². The number of rotatable bonds is 7. The van der Waals surface area contributed by atoms with Crippen molar-refractivity contribution in [3.05, 3.63) is 12.4 Å². The molecule has 17 heavy (non-hydrogen) atoms. The molecule has 1 aromatic rings. The van der Waals surface area contributed by atoms with Gasteiger partial charge in [0.1, 0.15) is 18.0 Å². The Morgan fingerprint density at radius 1 is 1.18 bits per heavy atom. The SMILES string of the molecule is CCCNc1cc(NCCC(C)(C)N)ncn1. The Labute approximate surface area is 103 Å². The van der Waals surface area contributed by atoms with Crippen LogP contribution in [0.1, 0.15) is 33.6 Å². The van der Waals surface area contributed by atoms with Gasteiger partial charge >= 0.3 is 0 Å². The summed E-state index contributed by atoms with van der Waals surface area (Å²) in [5, 5.41) is 6.47. The molecule has 0 amide bonds. The van der Waals surface area contributed by atoms with E-state index in [1.54, 1.807) is 6.33 Å². The van der Waals surface area contributed by atoms with Gasteiger partial charge in [0.15, 0.2) is 0 Å². The standard InChI is InChI=1S/C12H23N5/c1-4-6-14-10-8-11(17-9-16-10)15-7-5-12(2,3)13/h8-9H,4-7,13H2,1-3H3,(H2,14,15,16,17). The minimum absolute atomic E-state index is 0.149. The lowest BCUT2D eigenvalue weighted by atomic mass is 10.0. The van der Waals surface area contributed by atoms with Crippen LogP contribution in [0.25, 0.3) is 0 Å². The fourth-order valence-electron chi connectivity index (χ4n) is 1.32. The second kappa shape index (κ2) is 6.39. The van der Waals surface area contributed by atoms with E-state index in [-0.39, 0.29) is 5.54 Å². The molecule has 1 aromatic heterocycles. The van der Waals surface area contributed by atoms with E-state index < -0.39 is 0 Å². The minimum Gasteiger partial charge on any atom is -0.370 e. The topological polar surface area (TPSA) is 75.9 Å². The van der Waals surface area contributed by atoms with Crippen LogP contribution < -0.4 is 16.4 Å². The van der Waals surface area contributed by atoms with Gasteiger partial charge in [0.05, 0.1) is 0 Å². The first-order valence-electron chi connectivity index (χ1n) is 6.10. The first kappa shape index (κ1) is 13.7. The van der Waals surface area contributed by atoms with Crippen molar-refractivity contribution in [3.63, 3.8) is 0 Å². The van der Waals surface area contributed by atoms with E-state index in [2.05, 4.69) is 27.5 Å². The lowest BCUT2D eigenvalue weighted by Crippen LogP contribution is -2.34. The second-order valence-electron chi connectivity index (χ2n) is 4.88. The van der Waals surface area contributed by atoms with Gasteiger partial charge in [0.2, 0.25) is 0 Å². The van der Waals surface area contributed by atoms with Crippen molar-refractivity contribution in [3.8, 4) is 0 Å². The lowest BCUT2D eigenvalue weighted by molar-refractivity contribution is 0.490. The molecule has 0 fully saturated rings. The van der Waals surface area contributed by atoms with E-state index in [0.717, 1.165) is 37.6 Å². The van der Waals surface area contributed by atoms with Gasteiger partial charge < -0.3 is 16.4 Å². The summed E-state index contributed by atoms with van der Waals surface area (Å²) >= 11 is 0. The van der Waals surface area contributed by atoms with Crippen LogP contribution in [0.2, 0.25) is 0 Å². The van der Waals surface area contributed by atoms with Gasteiger partial charge in [-0.2, -0.15) is 0 Å². The van der Waals surface area contributed by atoms with Crippen LogP contribution in [0.3, 0.4) is 0 Å². The summed E-state index contributed by atoms with van der Waals surface area (Å²) in [5.41, 5.74) is 5.76. The molecule has 0 atom stereocenters. The summed E-state index contributed by atoms with van der Waals surface area (Å²) < 4.78 is 0. The Kier molecular flexibility index (Phi) is 5.15. The largest absolute Gasteiger partial charge is 0.370 e. The molecule has 0 aliphatic heterocycles. The molecule has 0 bridgehead atoms. The monoisotopic (exact) mass is 237 g/mol. The molecule has 0 spiro atoms. The molecule has 0 saturated heterocycles. The molecule has 5 nitrogen and oxygen atoms in total. The quantitative estimate of drug-likeness (QED) is 0.674. The van der Waals surface area contributed by atoms with Crippen molar-refractivity contribution in [1.29, 1.82) is 0 Å². The van der Waals surface area contributed by atoms with Crippen molar-refractivity contribution in [1.82, 2.24) is 9.97 Å². The van der Waals surface area contributed by atoms with Gasteiger partial charge in [0, 0.05) is 24.7 Å². The Balaban J connectivity index is 2.43. The van der Waals surface area contributed by atoms with Crippen molar-refractivity contribution in [2.24, 2.45) is 5.73 Å². The van der Waals surface area contributed by atoms with E-state index in [1.807, 2.05) is 19.9 Å². The van der Waals surface area contributed by atoms with Crippen LogP contribution in [0, 0.1) is 0 Å². The maximum Gasteiger partial charge on any atom is 0.131 e. The number of nitrogens with zero attached hydrogens (tertiary/aromatic N) is 2. The van der Waals surface area contributed by atoms with Gasteiger partial charge in [-0.05, 0) is 26.7 Å². The van der Waals surface area contributed by atoms with Crippen molar-refractivity contribution >= 4 is 11.6 Å². The Hall–Kier alpha value is -1.36. The number of anilines is 2. The smallest absolute Gasteiger partial charge is 0.131 e. The van der Waals surface area contributed by atoms with E-state index in [1.165, 1.54) is 0 Å². The predicted octanol–water partition coefficient (Wildman–Crippen LogP) is 1.84. The van der Waals surface area contributed by atoms with Crippen LogP contribution in [-0.2, 0) is 0 Å². The molecule has 1 rings (SSSR count). The molecule has 0 aliphatic carbocycles. The van der Waals surface area contributed by atoms with Crippen LogP contribution >= 0.6 is 0 Å². The zero-order valence-electron chi connectivity index (χ0n) is 11.0. The molecule has 4 N–H and O–H groups in total. The number of hydrogen-bond donors (Lipinski definition) is 3. The molecular weight excluding hydrogens is 214 g/mol. The van der Waals surface area contributed by atoms with Crippen LogP contribution in [-0.4, -0.2) is 28.6 Å². The highest BCUT2D eigenvalue weighted by Crippen LogP contribution is 2.10. The molecule has 0 radical (unpaired) electrons. The normalized spacial score (nSPS) is 11.3. The third-order valence-electron chi connectivity index (χ3n) is 2.30. The van der Waals surface area contributed by atoms with Gasteiger partial charge in [0.25, 0.3) is 0 Å². The van der Waals surface area contributed by atoms with E-state index in [4.69, 9.17) is 5.73 Å². The van der Waals surface area contributed by atoms with E-state index in [9.17, 15) is 0 Å². The van der Waals surface area contributed by atoms with Gasteiger partial charge in [-0.3, -0.25) is 0 Å². The summed E-state index contributed by atoms with van der Waals surface area (Å²) in [6.45, 7) is 7.89.